The van der Waals surface area contributed by atoms with E-state index in [4.69, 9.17) is 5.11 Å². The largest absolute Gasteiger partial charge is 0.396 e. The van der Waals surface area contributed by atoms with Gasteiger partial charge in [0.1, 0.15) is 0 Å². The molecule has 0 bridgehead atoms. The molecule has 1 nitrogen and oxygen atoms in total. The van der Waals surface area contributed by atoms with Gasteiger partial charge in [0, 0.05) is 6.61 Å². The molecule has 1 fully saturated rings. The second-order valence-electron chi connectivity index (χ2n) is 4.70. The maximum atomic E-state index is 8.96. The molecule has 1 aliphatic carbocycles. The van der Waals surface area contributed by atoms with Gasteiger partial charge in [-0.3, -0.25) is 0 Å². The van der Waals surface area contributed by atoms with Crippen molar-refractivity contribution in [2.75, 3.05) is 6.61 Å². The molecular weight excluding hydrogens is 172 g/mol. The lowest BCUT2D eigenvalue weighted by Crippen LogP contribution is -2.02. The fraction of sp³-hybridized carbons (Fsp3) is 1.00. The molecule has 1 heteroatoms. The Labute approximate surface area is 89.9 Å². The third-order valence-corrected chi connectivity index (χ3v) is 3.06. The van der Waals surface area contributed by atoms with Crippen molar-refractivity contribution >= 4 is 0 Å². The molecule has 0 aromatic carbocycles. The highest BCUT2D eigenvalue weighted by Gasteiger charge is 2.23. The minimum atomic E-state index is 0.415. The van der Waals surface area contributed by atoms with Crippen LogP contribution in [0.3, 0.4) is 0 Å². The molecule has 1 aliphatic rings. The number of hydrogen-bond acceptors (Lipinski definition) is 1. The fourth-order valence-corrected chi connectivity index (χ4v) is 2.18. The maximum absolute atomic E-state index is 8.96. The van der Waals surface area contributed by atoms with Crippen molar-refractivity contribution in [3.05, 3.63) is 0 Å². The Balaban J connectivity index is 0.000000791. The van der Waals surface area contributed by atoms with Gasteiger partial charge in [-0.25, -0.2) is 0 Å². The van der Waals surface area contributed by atoms with Crippen LogP contribution in [0.2, 0.25) is 0 Å². The molecule has 0 saturated heterocycles. The van der Waals surface area contributed by atoms with Gasteiger partial charge >= 0.3 is 0 Å². The first-order valence-corrected chi connectivity index (χ1v) is 6.33. The summed E-state index contributed by atoms with van der Waals surface area (Å²) in [6.07, 6.45) is 6.65. The van der Waals surface area contributed by atoms with E-state index in [0.717, 1.165) is 11.8 Å². The average molecular weight is 200 g/mol. The standard InChI is InChI=1S/C11H22O.C2H6/c1-9(2)3-4-10-5-6-11(7-10)8-12;1-2/h9-12H,3-8H2,1-2H3;1-2H3. The van der Waals surface area contributed by atoms with E-state index in [1.807, 2.05) is 13.8 Å². The second kappa shape index (κ2) is 8.28. The molecule has 0 aliphatic heterocycles. The van der Waals surface area contributed by atoms with E-state index in [1.165, 1.54) is 32.1 Å². The Hall–Kier alpha value is -0.0400. The summed E-state index contributed by atoms with van der Waals surface area (Å²) in [4.78, 5) is 0. The minimum Gasteiger partial charge on any atom is -0.396 e. The first-order valence-electron chi connectivity index (χ1n) is 6.33. The molecule has 1 N–H and O–H groups in total. The summed E-state index contributed by atoms with van der Waals surface area (Å²) in [7, 11) is 0. The number of aliphatic hydroxyl groups is 1. The number of hydrogen-bond donors (Lipinski definition) is 1. The predicted octanol–water partition coefficient (Wildman–Crippen LogP) is 3.86. The summed E-state index contributed by atoms with van der Waals surface area (Å²) in [5.41, 5.74) is 0. The third-order valence-electron chi connectivity index (χ3n) is 3.06. The zero-order valence-electron chi connectivity index (χ0n) is 10.4. The van der Waals surface area contributed by atoms with Gasteiger partial charge in [0.15, 0.2) is 0 Å². The Kier molecular flexibility index (Phi) is 8.26. The second-order valence-corrected chi connectivity index (χ2v) is 4.70. The Morgan fingerprint density at radius 2 is 1.71 bits per heavy atom. The topological polar surface area (TPSA) is 20.2 Å². The van der Waals surface area contributed by atoms with Crippen LogP contribution in [0, 0.1) is 17.8 Å². The molecule has 86 valence electrons. The Bertz CT molecular complexity index is 120. The van der Waals surface area contributed by atoms with Gasteiger partial charge in [-0.2, -0.15) is 0 Å². The molecule has 14 heavy (non-hydrogen) atoms. The highest BCUT2D eigenvalue weighted by atomic mass is 16.3. The molecule has 0 amide bonds. The first-order chi connectivity index (χ1) is 6.72. The molecule has 0 aromatic rings. The van der Waals surface area contributed by atoms with E-state index < -0.39 is 0 Å². The van der Waals surface area contributed by atoms with E-state index in [0.29, 0.717) is 12.5 Å². The van der Waals surface area contributed by atoms with Crippen molar-refractivity contribution in [1.29, 1.82) is 0 Å². The number of rotatable bonds is 4. The lowest BCUT2D eigenvalue weighted by Gasteiger charge is -2.11. The van der Waals surface area contributed by atoms with Gasteiger partial charge in [0.2, 0.25) is 0 Å². The van der Waals surface area contributed by atoms with Crippen molar-refractivity contribution in [3.63, 3.8) is 0 Å². The van der Waals surface area contributed by atoms with Gasteiger partial charge in [-0.1, -0.05) is 47.0 Å². The average Bonchev–Trinajstić information content (AvgIpc) is 2.65. The highest BCUT2D eigenvalue weighted by Crippen LogP contribution is 2.34. The quantitative estimate of drug-likeness (QED) is 0.730. The van der Waals surface area contributed by atoms with E-state index in [-0.39, 0.29) is 0 Å². The highest BCUT2D eigenvalue weighted by molar-refractivity contribution is 4.75. The molecule has 0 spiro atoms. The van der Waals surface area contributed by atoms with Crippen molar-refractivity contribution in [1.82, 2.24) is 0 Å². The van der Waals surface area contributed by atoms with Crippen LogP contribution in [-0.2, 0) is 0 Å². The SMILES string of the molecule is CC.CC(C)CCC1CCC(CO)C1. The van der Waals surface area contributed by atoms with Crippen molar-refractivity contribution in [2.24, 2.45) is 17.8 Å². The Morgan fingerprint density at radius 1 is 1.14 bits per heavy atom. The van der Waals surface area contributed by atoms with Crippen molar-refractivity contribution in [2.45, 2.75) is 59.8 Å². The van der Waals surface area contributed by atoms with Crippen LogP contribution in [0.4, 0.5) is 0 Å². The van der Waals surface area contributed by atoms with E-state index in [2.05, 4.69) is 13.8 Å². The zero-order valence-corrected chi connectivity index (χ0v) is 10.4. The zero-order chi connectivity index (χ0) is 11.0. The summed E-state index contributed by atoms with van der Waals surface area (Å²) in [6, 6.07) is 0. The van der Waals surface area contributed by atoms with Crippen LogP contribution in [0.25, 0.3) is 0 Å². The van der Waals surface area contributed by atoms with Crippen LogP contribution in [0.5, 0.6) is 0 Å². The van der Waals surface area contributed by atoms with E-state index in [1.54, 1.807) is 0 Å². The Morgan fingerprint density at radius 3 is 2.14 bits per heavy atom. The van der Waals surface area contributed by atoms with Gasteiger partial charge in [-0.05, 0) is 30.6 Å². The van der Waals surface area contributed by atoms with E-state index >= 15 is 0 Å². The summed E-state index contributed by atoms with van der Waals surface area (Å²) >= 11 is 0. The van der Waals surface area contributed by atoms with Gasteiger partial charge in [0.25, 0.3) is 0 Å². The summed E-state index contributed by atoms with van der Waals surface area (Å²) in [5.74, 6) is 2.39. The fourth-order valence-electron chi connectivity index (χ4n) is 2.18. The first kappa shape index (κ1) is 14.0. The van der Waals surface area contributed by atoms with Gasteiger partial charge in [-0.15, -0.1) is 0 Å². The smallest absolute Gasteiger partial charge is 0.0459 e. The van der Waals surface area contributed by atoms with Gasteiger partial charge in [0.05, 0.1) is 0 Å². The number of aliphatic hydroxyl groups excluding tert-OH is 1. The summed E-state index contributed by atoms with van der Waals surface area (Å²) in [6.45, 7) is 9.00. The summed E-state index contributed by atoms with van der Waals surface area (Å²) < 4.78 is 0. The van der Waals surface area contributed by atoms with Crippen LogP contribution in [0.1, 0.15) is 59.8 Å². The normalized spacial score (nSPS) is 26.1. The van der Waals surface area contributed by atoms with Gasteiger partial charge < -0.3 is 5.11 Å². The molecular formula is C13H28O. The van der Waals surface area contributed by atoms with Crippen LogP contribution in [0.15, 0.2) is 0 Å². The van der Waals surface area contributed by atoms with Crippen molar-refractivity contribution < 1.29 is 5.11 Å². The molecule has 1 rings (SSSR count). The van der Waals surface area contributed by atoms with E-state index in [9.17, 15) is 0 Å². The van der Waals surface area contributed by atoms with Crippen molar-refractivity contribution in [3.8, 4) is 0 Å². The lowest BCUT2D eigenvalue weighted by atomic mass is 9.96. The van der Waals surface area contributed by atoms with Crippen LogP contribution >= 0.6 is 0 Å². The van der Waals surface area contributed by atoms with Crippen LogP contribution in [-0.4, -0.2) is 11.7 Å². The predicted molar refractivity (Wildman–Crippen MR) is 63.3 cm³/mol. The molecule has 0 aromatic heterocycles. The summed E-state index contributed by atoms with van der Waals surface area (Å²) in [5, 5.41) is 8.96. The molecule has 1 saturated carbocycles. The molecule has 2 unspecified atom stereocenters. The maximum Gasteiger partial charge on any atom is 0.0459 e. The molecule has 0 heterocycles. The molecule has 2 atom stereocenters. The third kappa shape index (κ3) is 5.64. The minimum absolute atomic E-state index is 0.415. The lowest BCUT2D eigenvalue weighted by molar-refractivity contribution is 0.225. The monoisotopic (exact) mass is 200 g/mol. The van der Waals surface area contributed by atoms with Crippen LogP contribution < -0.4 is 0 Å². The molecule has 0 radical (unpaired) electrons.